The van der Waals surface area contributed by atoms with Gasteiger partial charge in [-0.05, 0) is 68.0 Å². The van der Waals surface area contributed by atoms with Crippen LogP contribution in [0.1, 0.15) is 68.1 Å². The lowest BCUT2D eigenvalue weighted by atomic mass is 9.79. The first-order chi connectivity index (χ1) is 15.3. The molecule has 2 heterocycles. The van der Waals surface area contributed by atoms with Crippen molar-refractivity contribution in [3.8, 4) is 5.75 Å². The second kappa shape index (κ2) is 8.69. The predicted octanol–water partition coefficient (Wildman–Crippen LogP) is 5.71. The Morgan fingerprint density at radius 3 is 2.88 bits per heavy atom. The molecular weight excluding hydrogens is 402 g/mol. The largest absolute Gasteiger partial charge is 0.493 e. The van der Waals surface area contributed by atoms with Gasteiger partial charge in [0.2, 0.25) is 0 Å². The zero-order valence-electron chi connectivity index (χ0n) is 19.4. The Kier molecular flexibility index (Phi) is 5.96. The summed E-state index contributed by atoms with van der Waals surface area (Å²) in [6, 6.07) is 13.6. The average molecular weight is 434 g/mol. The van der Waals surface area contributed by atoms with Gasteiger partial charge in [-0.3, -0.25) is 4.79 Å². The smallest absolute Gasteiger partial charge is 0.307 e. The number of para-hydroxylation sites is 1. The van der Waals surface area contributed by atoms with Crippen LogP contribution in [0.2, 0.25) is 0 Å². The fourth-order valence-corrected chi connectivity index (χ4v) is 4.77. The van der Waals surface area contributed by atoms with Gasteiger partial charge in [0.25, 0.3) is 0 Å². The molecule has 168 valence electrons. The van der Waals surface area contributed by atoms with Crippen LogP contribution in [0.5, 0.6) is 5.75 Å². The number of furan rings is 1. The molecule has 3 aromatic rings. The standard InChI is InChI=1S/C26H31N3O3/c1-6-12-29-21-11-10-18(13-20(21)17(2)15-26(29,3)4)16-27-28-25(30)23-14-19-8-7-9-22(31-5)24(19)32-23/h7-11,13-14,16-17H,6,12,15H2,1-5H3,(H,28,30)/b27-16-. The molecule has 6 heteroatoms. The van der Waals surface area contributed by atoms with Crippen molar-refractivity contribution in [1.29, 1.82) is 0 Å². The fourth-order valence-electron chi connectivity index (χ4n) is 4.77. The first-order valence-electron chi connectivity index (χ1n) is 11.2. The summed E-state index contributed by atoms with van der Waals surface area (Å²) in [4.78, 5) is 15.0. The maximum absolute atomic E-state index is 12.5. The van der Waals surface area contributed by atoms with E-state index in [2.05, 4.69) is 61.3 Å². The normalized spacial score (nSPS) is 17.5. The minimum absolute atomic E-state index is 0.140. The van der Waals surface area contributed by atoms with Crippen LogP contribution in [0, 0.1) is 0 Å². The number of methoxy groups -OCH3 is 1. The molecule has 4 rings (SSSR count). The number of ether oxygens (including phenoxy) is 1. The van der Waals surface area contributed by atoms with E-state index < -0.39 is 5.91 Å². The van der Waals surface area contributed by atoms with Crippen LogP contribution in [0.15, 0.2) is 52.0 Å². The number of carbonyl (C=O) groups excluding carboxylic acids is 1. The highest BCUT2D eigenvalue weighted by Gasteiger charge is 2.35. The zero-order chi connectivity index (χ0) is 22.9. The number of fused-ring (bicyclic) bond motifs is 2. The Bertz CT molecular complexity index is 1160. The highest BCUT2D eigenvalue weighted by molar-refractivity contribution is 5.97. The molecule has 0 fully saturated rings. The Morgan fingerprint density at radius 1 is 1.31 bits per heavy atom. The molecule has 1 aliphatic heterocycles. The van der Waals surface area contributed by atoms with Gasteiger partial charge < -0.3 is 14.1 Å². The van der Waals surface area contributed by atoms with Gasteiger partial charge in [0.05, 0.1) is 13.3 Å². The Morgan fingerprint density at radius 2 is 2.12 bits per heavy atom. The molecule has 1 aliphatic rings. The number of nitrogens with one attached hydrogen (secondary N) is 1. The van der Waals surface area contributed by atoms with E-state index in [1.54, 1.807) is 25.5 Å². The average Bonchev–Trinajstić information content (AvgIpc) is 3.21. The van der Waals surface area contributed by atoms with Crippen molar-refractivity contribution in [1.82, 2.24) is 5.43 Å². The summed E-state index contributed by atoms with van der Waals surface area (Å²) in [5.41, 5.74) is 6.84. The van der Waals surface area contributed by atoms with E-state index in [4.69, 9.17) is 9.15 Å². The summed E-state index contributed by atoms with van der Waals surface area (Å²) in [5, 5.41) is 4.97. The number of hydrogen-bond acceptors (Lipinski definition) is 5. The lowest BCUT2D eigenvalue weighted by molar-refractivity contribution is 0.0929. The van der Waals surface area contributed by atoms with Crippen molar-refractivity contribution in [3.63, 3.8) is 0 Å². The van der Waals surface area contributed by atoms with Gasteiger partial charge in [-0.2, -0.15) is 5.10 Å². The molecular formula is C26H31N3O3. The SMILES string of the molecule is CCCN1c2ccc(/C=N\NC(=O)c3cc4cccc(OC)c4o3)cc2C(C)CC1(C)C. The van der Waals surface area contributed by atoms with Gasteiger partial charge in [0, 0.05) is 23.2 Å². The predicted molar refractivity (Wildman–Crippen MR) is 129 cm³/mol. The van der Waals surface area contributed by atoms with Crippen molar-refractivity contribution < 1.29 is 13.9 Å². The number of benzene rings is 2. The molecule has 1 N–H and O–H groups in total. The second-order valence-electron chi connectivity index (χ2n) is 9.08. The van der Waals surface area contributed by atoms with Crippen molar-refractivity contribution >= 4 is 28.8 Å². The molecule has 0 saturated heterocycles. The third-order valence-electron chi connectivity index (χ3n) is 6.19. The summed E-state index contributed by atoms with van der Waals surface area (Å²) >= 11 is 0. The molecule has 0 aliphatic carbocycles. The monoisotopic (exact) mass is 433 g/mol. The van der Waals surface area contributed by atoms with Crippen molar-refractivity contribution in [2.75, 3.05) is 18.6 Å². The van der Waals surface area contributed by atoms with Crippen LogP contribution in [-0.4, -0.2) is 31.3 Å². The number of hydrazone groups is 1. The van der Waals surface area contributed by atoms with E-state index >= 15 is 0 Å². The Labute approximate surface area is 189 Å². The summed E-state index contributed by atoms with van der Waals surface area (Å²) in [6.07, 6.45) is 3.89. The van der Waals surface area contributed by atoms with Crippen LogP contribution >= 0.6 is 0 Å². The number of carbonyl (C=O) groups is 1. The molecule has 2 aromatic carbocycles. The van der Waals surface area contributed by atoms with Gasteiger partial charge in [0.1, 0.15) is 0 Å². The highest BCUT2D eigenvalue weighted by Crippen LogP contribution is 2.43. The maximum Gasteiger partial charge on any atom is 0.307 e. The van der Waals surface area contributed by atoms with Gasteiger partial charge in [0.15, 0.2) is 17.1 Å². The highest BCUT2D eigenvalue weighted by atomic mass is 16.5. The molecule has 0 radical (unpaired) electrons. The van der Waals surface area contributed by atoms with E-state index in [9.17, 15) is 4.79 Å². The van der Waals surface area contributed by atoms with Crippen molar-refractivity contribution in [3.05, 3.63) is 59.4 Å². The molecule has 1 atom stereocenters. The summed E-state index contributed by atoms with van der Waals surface area (Å²) < 4.78 is 11.0. The third kappa shape index (κ3) is 4.09. The number of amides is 1. The second-order valence-corrected chi connectivity index (χ2v) is 9.08. The molecule has 0 spiro atoms. The Hall–Kier alpha value is -3.28. The lowest BCUT2D eigenvalue weighted by Crippen LogP contribution is -2.48. The molecule has 1 unspecified atom stereocenters. The van der Waals surface area contributed by atoms with E-state index in [-0.39, 0.29) is 11.3 Å². The quantitative estimate of drug-likeness (QED) is 0.399. The molecule has 32 heavy (non-hydrogen) atoms. The van der Waals surface area contributed by atoms with Gasteiger partial charge >= 0.3 is 5.91 Å². The lowest BCUT2D eigenvalue weighted by Gasteiger charge is -2.47. The summed E-state index contributed by atoms with van der Waals surface area (Å²) in [6.45, 7) is 10.2. The first-order valence-corrected chi connectivity index (χ1v) is 11.2. The van der Waals surface area contributed by atoms with E-state index in [1.165, 1.54) is 11.3 Å². The Balaban J connectivity index is 1.51. The van der Waals surface area contributed by atoms with Gasteiger partial charge in [-0.1, -0.05) is 32.0 Å². The van der Waals surface area contributed by atoms with Gasteiger partial charge in [-0.25, -0.2) is 5.43 Å². The van der Waals surface area contributed by atoms with E-state index in [1.807, 2.05) is 12.1 Å². The number of nitrogens with zero attached hydrogens (tertiary/aromatic N) is 2. The van der Waals surface area contributed by atoms with Crippen LogP contribution in [0.3, 0.4) is 0 Å². The van der Waals surface area contributed by atoms with Crippen molar-refractivity contribution in [2.45, 2.75) is 52.0 Å². The van der Waals surface area contributed by atoms with Gasteiger partial charge in [-0.15, -0.1) is 0 Å². The van der Waals surface area contributed by atoms with Crippen LogP contribution < -0.4 is 15.1 Å². The number of rotatable bonds is 6. The number of anilines is 1. The molecule has 1 amide bonds. The minimum atomic E-state index is -0.401. The van der Waals surface area contributed by atoms with Crippen LogP contribution in [0.4, 0.5) is 5.69 Å². The molecule has 1 aromatic heterocycles. The maximum atomic E-state index is 12.5. The topological polar surface area (TPSA) is 67.1 Å². The zero-order valence-corrected chi connectivity index (χ0v) is 19.4. The summed E-state index contributed by atoms with van der Waals surface area (Å²) in [7, 11) is 1.57. The third-order valence-corrected chi connectivity index (χ3v) is 6.19. The molecule has 6 nitrogen and oxygen atoms in total. The van der Waals surface area contributed by atoms with Crippen LogP contribution in [-0.2, 0) is 0 Å². The number of hydrogen-bond donors (Lipinski definition) is 1. The summed E-state index contributed by atoms with van der Waals surface area (Å²) in [5.74, 6) is 0.843. The molecule has 0 bridgehead atoms. The van der Waals surface area contributed by atoms with Crippen molar-refractivity contribution in [2.24, 2.45) is 5.10 Å². The van der Waals surface area contributed by atoms with E-state index in [0.717, 1.165) is 30.3 Å². The first kappa shape index (κ1) is 21.9. The minimum Gasteiger partial charge on any atom is -0.493 e. The fraction of sp³-hybridized carbons (Fsp3) is 0.385. The van der Waals surface area contributed by atoms with Crippen LogP contribution in [0.25, 0.3) is 11.0 Å². The molecule has 0 saturated carbocycles. The van der Waals surface area contributed by atoms with E-state index in [0.29, 0.717) is 17.3 Å².